The third-order valence-corrected chi connectivity index (χ3v) is 10.0. The molecule has 3 amide bonds. The van der Waals surface area contributed by atoms with Gasteiger partial charge in [0, 0.05) is 29.9 Å². The van der Waals surface area contributed by atoms with E-state index in [0.717, 1.165) is 44.9 Å². The van der Waals surface area contributed by atoms with Crippen LogP contribution < -0.4 is 24.8 Å². The van der Waals surface area contributed by atoms with Crippen molar-refractivity contribution in [2.75, 3.05) is 20.3 Å². The van der Waals surface area contributed by atoms with Crippen molar-refractivity contribution in [1.29, 1.82) is 0 Å². The maximum Gasteiger partial charge on any atom is 0.408 e. The Bertz CT molecular complexity index is 1590. The Morgan fingerprint density at radius 1 is 1.08 bits per heavy atom. The van der Waals surface area contributed by atoms with Gasteiger partial charge in [-0.2, -0.15) is 0 Å². The third-order valence-electron chi connectivity index (χ3n) is 10.0. The molecular weight excluding hydrogens is 632 g/mol. The second kappa shape index (κ2) is 14.9. The molecule has 13 nitrogen and oxygen atoms in total. The van der Waals surface area contributed by atoms with Crippen molar-refractivity contribution < 1.29 is 43.2 Å². The van der Waals surface area contributed by atoms with Crippen LogP contribution in [0.3, 0.4) is 0 Å². The molecule has 13 heteroatoms. The van der Waals surface area contributed by atoms with E-state index < -0.39 is 47.6 Å². The first-order valence-corrected chi connectivity index (χ1v) is 17.5. The van der Waals surface area contributed by atoms with E-state index in [4.69, 9.17) is 18.9 Å². The Labute approximate surface area is 285 Å². The molecule has 6 rings (SSSR count). The van der Waals surface area contributed by atoms with Gasteiger partial charge >= 0.3 is 12.1 Å². The number of hydrogen-bond acceptors (Lipinski definition) is 9. The minimum atomic E-state index is -1.43. The summed E-state index contributed by atoms with van der Waals surface area (Å²) in [6.07, 6.45) is 9.80. The van der Waals surface area contributed by atoms with Gasteiger partial charge in [0.2, 0.25) is 17.7 Å². The summed E-state index contributed by atoms with van der Waals surface area (Å²) in [4.78, 5) is 59.8. The summed E-state index contributed by atoms with van der Waals surface area (Å²) < 4.78 is 23.3. The average Bonchev–Trinajstić information content (AvgIpc) is 3.36. The van der Waals surface area contributed by atoms with Gasteiger partial charge in [-0.25, -0.2) is 14.6 Å². The van der Waals surface area contributed by atoms with Gasteiger partial charge in [0.05, 0.1) is 25.8 Å². The number of carboxylic acids is 1. The Morgan fingerprint density at radius 3 is 2.63 bits per heavy atom. The number of pyridine rings is 1. The zero-order chi connectivity index (χ0) is 34.5. The van der Waals surface area contributed by atoms with Crippen molar-refractivity contribution in [2.24, 2.45) is 5.92 Å². The summed E-state index contributed by atoms with van der Waals surface area (Å²) in [6, 6.07) is 5.11. The number of aromatic nitrogens is 1. The number of fused-ring (bicyclic) bond motifs is 3. The normalized spacial score (nSPS) is 28.3. The molecule has 4 aliphatic rings. The Kier molecular flexibility index (Phi) is 10.4. The minimum absolute atomic E-state index is 0.0418. The lowest BCUT2D eigenvalue weighted by atomic mass is 10.0. The van der Waals surface area contributed by atoms with Gasteiger partial charge in [0.1, 0.15) is 41.3 Å². The number of carbonyl (C=O) groups is 4. The molecule has 0 spiro atoms. The number of alkyl carbamates (subject to hydrolysis) is 1. The Balaban J connectivity index is 1.29. The highest BCUT2D eigenvalue weighted by molar-refractivity contribution is 5.96. The number of aliphatic carboxylic acids is 1. The first kappa shape index (κ1) is 34.3. The van der Waals surface area contributed by atoms with Gasteiger partial charge in [-0.3, -0.25) is 9.59 Å². The molecule has 2 aromatic rings. The van der Waals surface area contributed by atoms with Gasteiger partial charge in [-0.15, -0.1) is 0 Å². The maximum atomic E-state index is 14.4. The van der Waals surface area contributed by atoms with Gasteiger partial charge in [0.15, 0.2) is 0 Å². The number of benzene rings is 1. The van der Waals surface area contributed by atoms with Crippen molar-refractivity contribution in [3.8, 4) is 17.4 Å². The number of allylic oxidation sites excluding steroid dienone is 1. The first-order chi connectivity index (χ1) is 23.7. The van der Waals surface area contributed by atoms with Gasteiger partial charge in [0.25, 0.3) is 0 Å². The molecule has 1 saturated heterocycles. The zero-order valence-electron chi connectivity index (χ0n) is 28.2. The molecule has 0 radical (unpaired) electrons. The number of hydrogen-bond donors (Lipinski definition) is 3. The van der Waals surface area contributed by atoms with E-state index >= 15 is 0 Å². The van der Waals surface area contributed by atoms with Crippen LogP contribution in [-0.2, 0) is 19.1 Å². The van der Waals surface area contributed by atoms with Crippen LogP contribution in [0.25, 0.3) is 10.9 Å². The summed E-state index contributed by atoms with van der Waals surface area (Å²) in [5.41, 5.74) is -0.847. The fourth-order valence-corrected chi connectivity index (χ4v) is 7.26. The van der Waals surface area contributed by atoms with E-state index in [2.05, 4.69) is 15.6 Å². The molecule has 3 heterocycles. The molecule has 5 atom stereocenters. The number of carboxylic acid groups (broad SMARTS) is 1. The van der Waals surface area contributed by atoms with Crippen molar-refractivity contribution in [3.63, 3.8) is 0 Å². The smallest absolute Gasteiger partial charge is 0.408 e. The quantitative estimate of drug-likeness (QED) is 0.338. The lowest BCUT2D eigenvalue weighted by Crippen LogP contribution is -2.56. The van der Waals surface area contributed by atoms with Crippen LogP contribution in [0.2, 0.25) is 0 Å². The number of nitrogens with zero attached hydrogens (tertiary/aromatic N) is 2. The standard InChI is InChI=1S/C36H46N4O9/c1-3-47-31-19-30(26-16-15-24(46-2)17-28(26)37-31)48-25-18-29-32(41)39-36(34(43)44)20-22(36)11-7-5-4-6-8-14-27(33(42)40(29)21-25)38-35(45)49-23-12-9-10-13-23/h7,11,15-17,19,22-23,25,27,29H,3-6,8-10,12-14,18,20-21H2,1-2H3,(H,38,45)(H,39,41)(H,43,44)/b11-7-/t22-,25-,27-,29?,36-/m1/s1. The Morgan fingerprint density at radius 2 is 1.88 bits per heavy atom. The minimum Gasteiger partial charge on any atom is -0.497 e. The molecule has 2 saturated carbocycles. The summed E-state index contributed by atoms with van der Waals surface area (Å²) >= 11 is 0. The van der Waals surface area contributed by atoms with Gasteiger partial charge in [-0.05, 0) is 70.4 Å². The van der Waals surface area contributed by atoms with Crippen LogP contribution in [-0.4, -0.2) is 89.0 Å². The van der Waals surface area contributed by atoms with E-state index in [-0.39, 0.29) is 31.4 Å². The maximum absolute atomic E-state index is 14.4. The lowest BCUT2D eigenvalue weighted by Gasteiger charge is -2.29. The van der Waals surface area contributed by atoms with E-state index in [0.29, 0.717) is 47.7 Å². The predicted molar refractivity (Wildman–Crippen MR) is 179 cm³/mol. The van der Waals surface area contributed by atoms with Crippen molar-refractivity contribution in [1.82, 2.24) is 20.5 Å². The van der Waals surface area contributed by atoms with E-state index in [1.54, 1.807) is 25.3 Å². The number of rotatable bonds is 8. The van der Waals surface area contributed by atoms with Crippen molar-refractivity contribution in [3.05, 3.63) is 36.4 Å². The van der Waals surface area contributed by atoms with E-state index in [1.807, 2.05) is 25.1 Å². The number of nitrogens with one attached hydrogen (secondary N) is 2. The molecule has 264 valence electrons. The highest BCUT2D eigenvalue weighted by atomic mass is 16.6. The Hall–Kier alpha value is -4.55. The van der Waals surface area contributed by atoms with Crippen LogP contribution >= 0.6 is 0 Å². The monoisotopic (exact) mass is 678 g/mol. The van der Waals surface area contributed by atoms with Gasteiger partial charge < -0.3 is 39.6 Å². The van der Waals surface area contributed by atoms with Gasteiger partial charge in [-0.1, -0.05) is 25.0 Å². The molecular formula is C36H46N4O9. The fourth-order valence-electron chi connectivity index (χ4n) is 7.26. The van der Waals surface area contributed by atoms with Crippen LogP contribution in [0.1, 0.15) is 77.6 Å². The summed E-state index contributed by atoms with van der Waals surface area (Å²) in [6.45, 7) is 2.28. The SMILES string of the molecule is CCOc1cc(O[C@@H]2CC3C(=O)N[C@]4(C(=O)O)C[C@H]4/C=C\CCCCC[C@@H](NC(=O)OC4CCCC4)C(=O)N3C2)c2ccc(OC)cc2n1. The van der Waals surface area contributed by atoms with Crippen LogP contribution in [0.5, 0.6) is 17.4 Å². The largest absolute Gasteiger partial charge is 0.497 e. The molecule has 1 aromatic heterocycles. The summed E-state index contributed by atoms with van der Waals surface area (Å²) in [7, 11) is 1.57. The van der Waals surface area contributed by atoms with Crippen LogP contribution in [0.4, 0.5) is 4.79 Å². The molecule has 2 aliphatic carbocycles. The first-order valence-electron chi connectivity index (χ1n) is 17.5. The molecule has 3 fully saturated rings. The lowest BCUT2D eigenvalue weighted by molar-refractivity contribution is -0.145. The summed E-state index contributed by atoms with van der Waals surface area (Å²) in [5.74, 6) is -1.03. The summed E-state index contributed by atoms with van der Waals surface area (Å²) in [5, 5.41) is 16.5. The van der Waals surface area contributed by atoms with Crippen LogP contribution in [0.15, 0.2) is 36.4 Å². The number of methoxy groups -OCH3 is 1. The number of amides is 3. The second-order valence-corrected chi connectivity index (χ2v) is 13.4. The fraction of sp³-hybridized carbons (Fsp3) is 0.583. The van der Waals surface area contributed by atoms with E-state index in [9.17, 15) is 24.3 Å². The highest BCUT2D eigenvalue weighted by Gasteiger charge is 2.61. The molecule has 1 aromatic carbocycles. The number of ether oxygens (including phenoxy) is 4. The molecule has 2 aliphatic heterocycles. The topological polar surface area (TPSA) is 166 Å². The molecule has 49 heavy (non-hydrogen) atoms. The predicted octanol–water partition coefficient (Wildman–Crippen LogP) is 4.51. The number of carbonyl (C=O) groups excluding carboxylic acids is 3. The second-order valence-electron chi connectivity index (χ2n) is 13.4. The molecule has 3 N–H and O–H groups in total. The van der Waals surface area contributed by atoms with Crippen molar-refractivity contribution in [2.45, 2.75) is 107 Å². The average molecular weight is 679 g/mol. The van der Waals surface area contributed by atoms with Crippen LogP contribution in [0, 0.1) is 5.92 Å². The molecule has 0 bridgehead atoms. The van der Waals surface area contributed by atoms with E-state index in [1.165, 1.54) is 4.90 Å². The highest BCUT2D eigenvalue weighted by Crippen LogP contribution is 2.45. The van der Waals surface area contributed by atoms with Crippen molar-refractivity contribution >= 4 is 34.8 Å². The molecule has 1 unspecified atom stereocenters. The third kappa shape index (κ3) is 7.70. The zero-order valence-corrected chi connectivity index (χ0v) is 28.2.